The maximum absolute atomic E-state index is 12.8. The lowest BCUT2D eigenvalue weighted by atomic mass is 10.1. The summed E-state index contributed by atoms with van der Waals surface area (Å²) >= 11 is 0. The Labute approximate surface area is 125 Å². The summed E-state index contributed by atoms with van der Waals surface area (Å²) < 4.78 is 29.2. The van der Waals surface area contributed by atoms with Crippen molar-refractivity contribution in [3.63, 3.8) is 0 Å². The second kappa shape index (κ2) is 5.61. The van der Waals surface area contributed by atoms with E-state index in [0.29, 0.717) is 11.4 Å². The Kier molecular flexibility index (Phi) is 3.82. The first-order valence-electron chi connectivity index (χ1n) is 7.23. The smallest absolute Gasteiger partial charge is 0.243 e. The molecule has 0 N–H and O–H groups in total. The van der Waals surface area contributed by atoms with E-state index >= 15 is 0 Å². The summed E-state index contributed by atoms with van der Waals surface area (Å²) in [7, 11) is -3.45. The van der Waals surface area contributed by atoms with Crippen LogP contribution in [0.3, 0.4) is 0 Å². The normalized spacial score (nSPS) is 20.0. The molecule has 0 amide bonds. The van der Waals surface area contributed by atoms with Crippen LogP contribution in [-0.4, -0.2) is 29.0 Å². The molecule has 0 unspecified atom stereocenters. The molecule has 0 saturated carbocycles. The van der Waals surface area contributed by atoms with Gasteiger partial charge < -0.3 is 0 Å². The third-order valence-electron chi connectivity index (χ3n) is 3.94. The third kappa shape index (κ3) is 2.49. The van der Waals surface area contributed by atoms with Gasteiger partial charge in [-0.3, -0.25) is 4.68 Å². The average Bonchev–Trinajstić information content (AvgIpc) is 3.16. The molecule has 1 saturated heterocycles. The second-order valence-corrected chi connectivity index (χ2v) is 7.05. The molecule has 1 atom stereocenters. The molecule has 6 heteroatoms. The van der Waals surface area contributed by atoms with Crippen molar-refractivity contribution in [2.24, 2.45) is 0 Å². The van der Waals surface area contributed by atoms with Gasteiger partial charge >= 0.3 is 0 Å². The van der Waals surface area contributed by atoms with Crippen LogP contribution in [0.15, 0.2) is 47.5 Å². The number of aryl methyl sites for hydroxylation is 1. The van der Waals surface area contributed by atoms with E-state index in [4.69, 9.17) is 0 Å². The van der Waals surface area contributed by atoms with E-state index in [2.05, 4.69) is 5.10 Å². The summed E-state index contributed by atoms with van der Waals surface area (Å²) in [5, 5.41) is 4.26. The van der Waals surface area contributed by atoms with E-state index in [9.17, 15) is 8.42 Å². The Morgan fingerprint density at radius 3 is 2.71 bits per heavy atom. The predicted octanol–water partition coefficient (Wildman–Crippen LogP) is 2.43. The quantitative estimate of drug-likeness (QED) is 0.871. The van der Waals surface area contributed by atoms with Gasteiger partial charge in [-0.15, -0.1) is 0 Å². The van der Waals surface area contributed by atoms with Gasteiger partial charge in [0.05, 0.1) is 16.6 Å². The van der Waals surface area contributed by atoms with Gasteiger partial charge in [0.15, 0.2) is 0 Å². The molecule has 0 aliphatic carbocycles. The van der Waals surface area contributed by atoms with Gasteiger partial charge in [-0.1, -0.05) is 18.2 Å². The van der Waals surface area contributed by atoms with E-state index in [1.54, 1.807) is 34.8 Å². The van der Waals surface area contributed by atoms with Crippen LogP contribution < -0.4 is 0 Å². The molecule has 1 aromatic heterocycles. The van der Waals surface area contributed by atoms with Crippen molar-refractivity contribution in [3.05, 3.63) is 48.3 Å². The highest BCUT2D eigenvalue weighted by Crippen LogP contribution is 2.36. The first-order valence-corrected chi connectivity index (χ1v) is 8.67. The number of benzene rings is 1. The molecule has 1 fully saturated rings. The number of hydrogen-bond donors (Lipinski definition) is 0. The van der Waals surface area contributed by atoms with Crippen LogP contribution in [0.25, 0.3) is 0 Å². The first kappa shape index (κ1) is 14.3. The lowest BCUT2D eigenvalue weighted by molar-refractivity contribution is 0.376. The standard InChI is InChI=1S/C15H19N3O2S/c1-2-17-14(10-11-16-17)15-9-6-12-18(15)21(19,20)13-7-4-3-5-8-13/h3-5,7-8,10-11,15H,2,6,9,12H2,1H3/t15-/m0/s1. The molecule has 1 aromatic carbocycles. The zero-order chi connectivity index (χ0) is 14.9. The van der Waals surface area contributed by atoms with Gasteiger partial charge in [0.1, 0.15) is 0 Å². The van der Waals surface area contributed by atoms with Crippen LogP contribution >= 0.6 is 0 Å². The number of nitrogens with zero attached hydrogens (tertiary/aromatic N) is 3. The molecule has 112 valence electrons. The summed E-state index contributed by atoms with van der Waals surface area (Å²) in [6, 6.07) is 10.5. The number of aromatic nitrogens is 2. The van der Waals surface area contributed by atoms with E-state index in [0.717, 1.165) is 25.1 Å². The van der Waals surface area contributed by atoms with Crippen LogP contribution in [0.4, 0.5) is 0 Å². The van der Waals surface area contributed by atoms with Gasteiger partial charge in [0.2, 0.25) is 10.0 Å². The van der Waals surface area contributed by atoms with Crippen LogP contribution in [-0.2, 0) is 16.6 Å². The topological polar surface area (TPSA) is 55.2 Å². The maximum Gasteiger partial charge on any atom is 0.243 e. The molecule has 21 heavy (non-hydrogen) atoms. The van der Waals surface area contributed by atoms with Gasteiger partial charge in [-0.25, -0.2) is 8.42 Å². The monoisotopic (exact) mass is 305 g/mol. The minimum absolute atomic E-state index is 0.113. The SMILES string of the molecule is CCn1nccc1[C@@H]1CCCN1S(=O)(=O)c1ccccc1. The van der Waals surface area contributed by atoms with Gasteiger partial charge in [-0.05, 0) is 38.0 Å². The Bertz CT molecular complexity index is 710. The maximum atomic E-state index is 12.8. The summed E-state index contributed by atoms with van der Waals surface area (Å²) in [5.41, 5.74) is 0.981. The van der Waals surface area contributed by atoms with Crippen molar-refractivity contribution in [1.82, 2.24) is 14.1 Å². The van der Waals surface area contributed by atoms with E-state index in [1.807, 2.05) is 23.7 Å². The van der Waals surface area contributed by atoms with Crippen molar-refractivity contribution < 1.29 is 8.42 Å². The highest BCUT2D eigenvalue weighted by Gasteiger charge is 2.37. The molecule has 0 spiro atoms. The van der Waals surface area contributed by atoms with Crippen molar-refractivity contribution >= 4 is 10.0 Å². The first-order chi connectivity index (χ1) is 10.1. The number of sulfonamides is 1. The molecule has 0 bridgehead atoms. The highest BCUT2D eigenvalue weighted by atomic mass is 32.2. The summed E-state index contributed by atoms with van der Waals surface area (Å²) in [5.74, 6) is 0. The molecule has 2 aromatic rings. The van der Waals surface area contributed by atoms with Crippen molar-refractivity contribution in [3.8, 4) is 0 Å². The molecule has 1 aliphatic rings. The van der Waals surface area contributed by atoms with Crippen LogP contribution in [0.5, 0.6) is 0 Å². The van der Waals surface area contributed by atoms with E-state index in [-0.39, 0.29) is 6.04 Å². The van der Waals surface area contributed by atoms with E-state index < -0.39 is 10.0 Å². The van der Waals surface area contributed by atoms with Crippen LogP contribution in [0.1, 0.15) is 31.5 Å². The lowest BCUT2D eigenvalue weighted by Gasteiger charge is -2.24. The molecule has 2 heterocycles. The number of rotatable bonds is 4. The Morgan fingerprint density at radius 2 is 2.00 bits per heavy atom. The Morgan fingerprint density at radius 1 is 1.24 bits per heavy atom. The van der Waals surface area contributed by atoms with Gasteiger partial charge in [-0.2, -0.15) is 9.40 Å². The van der Waals surface area contributed by atoms with Crippen LogP contribution in [0.2, 0.25) is 0 Å². The fourth-order valence-electron chi connectivity index (χ4n) is 2.94. The van der Waals surface area contributed by atoms with Crippen molar-refractivity contribution in [1.29, 1.82) is 0 Å². The van der Waals surface area contributed by atoms with Gasteiger partial charge in [0, 0.05) is 19.3 Å². The number of hydrogen-bond acceptors (Lipinski definition) is 3. The molecule has 0 radical (unpaired) electrons. The lowest BCUT2D eigenvalue weighted by Crippen LogP contribution is -2.31. The zero-order valence-electron chi connectivity index (χ0n) is 12.0. The minimum Gasteiger partial charge on any atom is -0.268 e. The fraction of sp³-hybridized carbons (Fsp3) is 0.400. The third-order valence-corrected chi connectivity index (χ3v) is 5.87. The average molecular weight is 305 g/mol. The largest absolute Gasteiger partial charge is 0.268 e. The Hall–Kier alpha value is -1.66. The fourth-order valence-corrected chi connectivity index (χ4v) is 4.63. The van der Waals surface area contributed by atoms with Crippen molar-refractivity contribution in [2.75, 3.05) is 6.54 Å². The molecule has 1 aliphatic heterocycles. The van der Waals surface area contributed by atoms with E-state index in [1.165, 1.54) is 0 Å². The zero-order valence-corrected chi connectivity index (χ0v) is 12.8. The summed E-state index contributed by atoms with van der Waals surface area (Å²) in [6.45, 7) is 3.33. The minimum atomic E-state index is -3.45. The van der Waals surface area contributed by atoms with Gasteiger partial charge in [0.25, 0.3) is 0 Å². The molecule has 5 nitrogen and oxygen atoms in total. The molecular formula is C15H19N3O2S. The highest BCUT2D eigenvalue weighted by molar-refractivity contribution is 7.89. The summed E-state index contributed by atoms with van der Waals surface area (Å²) in [4.78, 5) is 0.361. The second-order valence-electron chi connectivity index (χ2n) is 5.16. The molecular weight excluding hydrogens is 286 g/mol. The van der Waals surface area contributed by atoms with Crippen molar-refractivity contribution in [2.45, 2.75) is 37.2 Å². The Balaban J connectivity index is 1.98. The van der Waals surface area contributed by atoms with Crippen LogP contribution in [0, 0.1) is 0 Å². The summed E-state index contributed by atoms with van der Waals surface area (Å²) in [6.07, 6.45) is 3.47. The molecule has 3 rings (SSSR count). The predicted molar refractivity (Wildman–Crippen MR) is 80.2 cm³/mol.